The number of piperidine rings is 1. The van der Waals surface area contributed by atoms with Gasteiger partial charge in [0.25, 0.3) is 0 Å². The summed E-state index contributed by atoms with van der Waals surface area (Å²) in [5.74, 6) is -1.19. The highest BCUT2D eigenvalue weighted by atomic mass is 19.4. The average molecular weight is 898 g/mol. The summed E-state index contributed by atoms with van der Waals surface area (Å²) < 4.78 is 62.9. The molecule has 18 heteroatoms. The third-order valence-electron chi connectivity index (χ3n) is 12.6. The van der Waals surface area contributed by atoms with Crippen molar-refractivity contribution in [2.75, 3.05) is 99.2 Å². The van der Waals surface area contributed by atoms with E-state index in [1.807, 2.05) is 28.9 Å². The highest BCUT2D eigenvalue weighted by Crippen LogP contribution is 2.37. The molecule has 6 rings (SSSR count). The molecule has 2 aromatic rings. The number of pyridine rings is 1. The standard InChI is InChI=1S/C46H62F3N7O8/c1-32(36-6-4-14-52-40-8-7-34(29-38(36)40)46(47,48)49)37-11-19-56(45(37)60)20-15-51-35-9-17-55(18-10-35)41(57)12-21-61-23-25-63-27-28-64-26-24-62-22-16-53-44(59)39-30-42(58)54(2)43(39)33-5-3-13-50-31-33/h3-5,7-8,13-14,29,31-32,35,37,39,43,51H,6,9-12,15-28,30H2,1-2H3,(H,53,59)/t32?,37-,39+,43-/m1/s1. The Kier molecular flexibility index (Phi) is 18.2. The van der Waals surface area contributed by atoms with Crippen molar-refractivity contribution in [3.8, 4) is 0 Å². The van der Waals surface area contributed by atoms with Crippen LogP contribution >= 0.6 is 0 Å². The van der Waals surface area contributed by atoms with Crippen LogP contribution in [-0.2, 0) is 44.3 Å². The number of carbonyl (C=O) groups excluding carboxylic acids is 4. The van der Waals surface area contributed by atoms with E-state index in [0.717, 1.165) is 30.0 Å². The van der Waals surface area contributed by atoms with Crippen LogP contribution in [0.3, 0.4) is 0 Å². The van der Waals surface area contributed by atoms with E-state index >= 15 is 0 Å². The SMILES string of the molecule is CC(C1=c2cc(C(F)(F)F)ccc2=NC=CC1)[C@H]1CCN(CCNC2CCN(C(=O)CCOCCOCCOCCOCCNC(=O)[C@H]3CC(=O)N(C)[C@@H]3c3cccnc3)CC2)C1=O. The number of ether oxygens (including phenoxy) is 4. The Labute approximate surface area is 372 Å². The van der Waals surface area contributed by atoms with Gasteiger partial charge in [-0.3, -0.25) is 29.2 Å². The molecule has 4 atom stereocenters. The lowest BCUT2D eigenvalue weighted by Crippen LogP contribution is -2.46. The smallest absolute Gasteiger partial charge is 0.379 e. The number of alkyl halides is 3. The Hall–Kier alpha value is -4.75. The van der Waals surface area contributed by atoms with Crippen LogP contribution < -0.4 is 21.2 Å². The molecule has 4 aliphatic heterocycles. The highest BCUT2D eigenvalue weighted by molar-refractivity contribution is 5.90. The highest BCUT2D eigenvalue weighted by Gasteiger charge is 2.43. The first-order chi connectivity index (χ1) is 30.9. The predicted molar refractivity (Wildman–Crippen MR) is 230 cm³/mol. The van der Waals surface area contributed by atoms with Crippen molar-refractivity contribution in [3.05, 3.63) is 76.7 Å². The third kappa shape index (κ3) is 13.4. The number of hydrogen-bond acceptors (Lipinski definition) is 11. The first kappa shape index (κ1) is 48.7. The lowest BCUT2D eigenvalue weighted by molar-refractivity contribution is -0.138. The molecule has 0 bridgehead atoms. The predicted octanol–water partition coefficient (Wildman–Crippen LogP) is 2.65. The number of allylic oxidation sites excluding steroid dienone is 1. The van der Waals surface area contributed by atoms with Gasteiger partial charge in [0.2, 0.25) is 23.6 Å². The molecule has 2 N–H and O–H groups in total. The average Bonchev–Trinajstić information content (AvgIpc) is 3.71. The molecule has 0 saturated carbocycles. The van der Waals surface area contributed by atoms with Crippen molar-refractivity contribution < 1.29 is 51.3 Å². The molecule has 3 fully saturated rings. The maximum absolute atomic E-state index is 13.6. The fourth-order valence-corrected chi connectivity index (χ4v) is 8.93. The molecule has 4 amide bonds. The summed E-state index contributed by atoms with van der Waals surface area (Å²) in [5.41, 5.74) is 0.918. The number of fused-ring (bicyclic) bond motifs is 1. The minimum absolute atomic E-state index is 0.0320. The van der Waals surface area contributed by atoms with Crippen LogP contribution in [0.15, 0.2) is 60.0 Å². The Bertz CT molecular complexity index is 2030. The summed E-state index contributed by atoms with van der Waals surface area (Å²) in [4.78, 5) is 65.2. The Morgan fingerprint density at radius 3 is 2.30 bits per heavy atom. The summed E-state index contributed by atoms with van der Waals surface area (Å²) in [7, 11) is 1.71. The Morgan fingerprint density at radius 1 is 0.906 bits per heavy atom. The number of likely N-dealkylation sites (tertiary alicyclic amines) is 3. The second-order valence-electron chi connectivity index (χ2n) is 16.6. The van der Waals surface area contributed by atoms with Crippen LogP contribution in [0.25, 0.3) is 5.57 Å². The lowest BCUT2D eigenvalue weighted by atomic mass is 9.83. The largest absolute Gasteiger partial charge is 0.416 e. The van der Waals surface area contributed by atoms with E-state index in [1.54, 1.807) is 36.6 Å². The topological polar surface area (TPSA) is 164 Å². The van der Waals surface area contributed by atoms with Crippen LogP contribution in [0.1, 0.15) is 62.6 Å². The minimum atomic E-state index is -4.47. The van der Waals surface area contributed by atoms with E-state index in [4.69, 9.17) is 18.9 Å². The molecule has 1 aromatic carbocycles. The summed E-state index contributed by atoms with van der Waals surface area (Å²) >= 11 is 0. The summed E-state index contributed by atoms with van der Waals surface area (Å²) in [6.45, 7) is 8.25. The molecule has 4 aliphatic rings. The molecule has 0 aliphatic carbocycles. The van der Waals surface area contributed by atoms with Gasteiger partial charge in [-0.25, -0.2) is 0 Å². The second kappa shape index (κ2) is 24.0. The van der Waals surface area contributed by atoms with E-state index in [0.29, 0.717) is 122 Å². The van der Waals surface area contributed by atoms with Crippen LogP contribution in [0.4, 0.5) is 13.2 Å². The van der Waals surface area contributed by atoms with Crippen molar-refractivity contribution in [1.29, 1.82) is 0 Å². The number of hydrogen-bond donors (Lipinski definition) is 2. The number of amides is 4. The van der Waals surface area contributed by atoms with Gasteiger partial charge in [0.15, 0.2) is 0 Å². The normalized spacial score (nSPS) is 21.0. The van der Waals surface area contributed by atoms with Gasteiger partial charge in [-0.1, -0.05) is 24.6 Å². The van der Waals surface area contributed by atoms with Gasteiger partial charge in [0.1, 0.15) is 0 Å². The Balaban J connectivity index is 0.746. The van der Waals surface area contributed by atoms with Gasteiger partial charge >= 0.3 is 6.18 Å². The molecule has 64 heavy (non-hydrogen) atoms. The summed E-state index contributed by atoms with van der Waals surface area (Å²) in [5, 5.41) is 7.37. The van der Waals surface area contributed by atoms with Crippen LogP contribution in [-0.4, -0.2) is 149 Å². The molecule has 1 unspecified atom stereocenters. The first-order valence-corrected chi connectivity index (χ1v) is 22.4. The number of benzene rings is 1. The van der Waals surface area contributed by atoms with E-state index in [9.17, 15) is 32.3 Å². The van der Waals surface area contributed by atoms with E-state index in [2.05, 4.69) is 20.6 Å². The van der Waals surface area contributed by atoms with Gasteiger partial charge < -0.3 is 44.3 Å². The zero-order valence-electron chi connectivity index (χ0n) is 36.9. The van der Waals surface area contributed by atoms with Gasteiger partial charge in [-0.05, 0) is 61.4 Å². The molecular weight excluding hydrogens is 836 g/mol. The number of rotatable bonds is 23. The number of nitrogens with zero attached hydrogens (tertiary/aromatic N) is 5. The summed E-state index contributed by atoms with van der Waals surface area (Å²) in [6, 6.07) is 7.18. The lowest BCUT2D eigenvalue weighted by Gasteiger charge is -2.33. The van der Waals surface area contributed by atoms with Crippen molar-refractivity contribution in [1.82, 2.24) is 30.3 Å². The van der Waals surface area contributed by atoms with Crippen LogP contribution in [0, 0.1) is 17.8 Å². The third-order valence-corrected chi connectivity index (χ3v) is 12.6. The molecule has 1 aromatic heterocycles. The van der Waals surface area contributed by atoms with Crippen LogP contribution in [0.5, 0.6) is 0 Å². The van der Waals surface area contributed by atoms with Gasteiger partial charge in [-0.2, -0.15) is 13.2 Å². The molecule has 0 spiro atoms. The molecular formula is C46H62F3N7O8. The molecule has 0 radical (unpaired) electrons. The number of carbonyl (C=O) groups is 4. The molecule has 5 heterocycles. The first-order valence-electron chi connectivity index (χ1n) is 22.4. The van der Waals surface area contributed by atoms with E-state index < -0.39 is 17.7 Å². The zero-order valence-corrected chi connectivity index (χ0v) is 36.9. The monoisotopic (exact) mass is 897 g/mol. The van der Waals surface area contributed by atoms with Crippen molar-refractivity contribution >= 4 is 29.2 Å². The summed E-state index contributed by atoms with van der Waals surface area (Å²) in [6.07, 6.45) is 5.50. The molecule has 350 valence electrons. The number of halogens is 3. The zero-order chi connectivity index (χ0) is 45.5. The minimum Gasteiger partial charge on any atom is -0.379 e. The molecule has 15 nitrogen and oxygen atoms in total. The quantitative estimate of drug-likeness (QED) is 0.159. The maximum Gasteiger partial charge on any atom is 0.416 e. The van der Waals surface area contributed by atoms with Crippen LogP contribution in [0.2, 0.25) is 0 Å². The second-order valence-corrected chi connectivity index (χ2v) is 16.6. The van der Waals surface area contributed by atoms with Crippen molar-refractivity contribution in [2.45, 2.75) is 63.7 Å². The van der Waals surface area contributed by atoms with E-state index in [1.165, 1.54) is 12.1 Å². The maximum atomic E-state index is 13.6. The van der Waals surface area contributed by atoms with Gasteiger partial charge in [0, 0.05) is 88.5 Å². The van der Waals surface area contributed by atoms with Gasteiger partial charge in [-0.15, -0.1) is 0 Å². The number of nitrogens with one attached hydrogen (secondary N) is 2. The Morgan fingerprint density at radius 2 is 1.61 bits per heavy atom. The fraction of sp³-hybridized carbons (Fsp3) is 0.609. The fourth-order valence-electron chi connectivity index (χ4n) is 8.93. The molecule has 3 saturated heterocycles. The van der Waals surface area contributed by atoms with Crippen molar-refractivity contribution in [2.24, 2.45) is 22.7 Å². The van der Waals surface area contributed by atoms with Gasteiger partial charge in [0.05, 0.1) is 82.2 Å². The van der Waals surface area contributed by atoms with Crippen molar-refractivity contribution in [3.63, 3.8) is 0 Å². The van der Waals surface area contributed by atoms with E-state index in [-0.39, 0.29) is 54.0 Å². The number of aromatic nitrogens is 1.